The molecule has 0 fully saturated rings. The Balaban J connectivity index is 3.08. The highest BCUT2D eigenvalue weighted by molar-refractivity contribution is 5.97. The Hall–Kier alpha value is -2.55. The molecule has 0 saturated carbocycles. The summed E-state index contributed by atoms with van der Waals surface area (Å²) in [5, 5.41) is 2.77. The second kappa shape index (κ2) is 10.5. The summed E-state index contributed by atoms with van der Waals surface area (Å²) < 4.78 is 44.3. The Morgan fingerprint density at radius 1 is 1.20 bits per heavy atom. The summed E-state index contributed by atoms with van der Waals surface area (Å²) in [7, 11) is 1.43. The first-order valence-electron chi connectivity index (χ1n) is 9.50. The molecule has 9 heteroatoms. The number of methoxy groups -OCH3 is 1. The molecular weight excluding hydrogens is 399 g/mol. The molecule has 0 aliphatic carbocycles. The number of benzene rings is 1. The number of halogens is 3. The molecule has 168 valence electrons. The molecule has 0 saturated heterocycles. The van der Waals surface area contributed by atoms with Gasteiger partial charge in [-0.3, -0.25) is 9.59 Å². The van der Waals surface area contributed by atoms with Crippen molar-refractivity contribution in [2.45, 2.75) is 52.4 Å². The molecule has 0 bridgehead atoms. The van der Waals surface area contributed by atoms with Gasteiger partial charge >= 0.3 is 12.1 Å². The summed E-state index contributed by atoms with van der Waals surface area (Å²) in [5.74, 6) is -1.89. The third-order valence-corrected chi connectivity index (χ3v) is 4.10. The van der Waals surface area contributed by atoms with Crippen molar-refractivity contribution in [2.24, 2.45) is 11.1 Å². The molecule has 0 radical (unpaired) electrons. The standard InChI is InChI=1S/C21H30F3N3O3/c1-14(25)18(28)26-15(13-20(2,3)4)7-6-12-27(19(29)21(22,23)24)16-8-10-17(30-5)11-9-16/h6-11,14-15H,12-13,25H2,1-5H3,(H,26,28)/b7-6+/t14-,15+/m0/s1. The molecule has 0 aromatic heterocycles. The van der Waals surface area contributed by atoms with Crippen LogP contribution in [0.1, 0.15) is 34.1 Å². The second-order valence-corrected chi connectivity index (χ2v) is 8.21. The Morgan fingerprint density at radius 3 is 2.20 bits per heavy atom. The van der Waals surface area contributed by atoms with Gasteiger partial charge in [0, 0.05) is 18.3 Å². The summed E-state index contributed by atoms with van der Waals surface area (Å²) >= 11 is 0. The average molecular weight is 429 g/mol. The molecule has 3 N–H and O–H groups in total. The van der Waals surface area contributed by atoms with Crippen molar-refractivity contribution in [3.63, 3.8) is 0 Å². The maximum absolute atomic E-state index is 13.1. The van der Waals surface area contributed by atoms with Crippen LogP contribution < -0.4 is 20.7 Å². The number of anilines is 1. The number of hydrogen-bond acceptors (Lipinski definition) is 4. The van der Waals surface area contributed by atoms with Crippen molar-refractivity contribution in [2.75, 3.05) is 18.6 Å². The van der Waals surface area contributed by atoms with E-state index in [1.807, 2.05) is 20.8 Å². The van der Waals surface area contributed by atoms with Gasteiger partial charge in [-0.15, -0.1) is 0 Å². The molecule has 1 rings (SSSR count). The third-order valence-electron chi connectivity index (χ3n) is 4.10. The summed E-state index contributed by atoms with van der Waals surface area (Å²) in [6.07, 6.45) is -1.46. The minimum Gasteiger partial charge on any atom is -0.497 e. The molecule has 2 atom stereocenters. The number of alkyl halides is 3. The van der Waals surface area contributed by atoms with Crippen LogP contribution in [0, 0.1) is 5.41 Å². The van der Waals surface area contributed by atoms with Crippen LogP contribution in [0.2, 0.25) is 0 Å². The zero-order valence-electron chi connectivity index (χ0n) is 17.9. The topological polar surface area (TPSA) is 84.7 Å². The summed E-state index contributed by atoms with van der Waals surface area (Å²) in [4.78, 5) is 24.5. The third kappa shape index (κ3) is 8.44. The van der Waals surface area contributed by atoms with Gasteiger partial charge in [0.2, 0.25) is 5.91 Å². The Kier molecular flexibility index (Phi) is 8.90. The Morgan fingerprint density at radius 2 is 1.77 bits per heavy atom. The lowest BCUT2D eigenvalue weighted by Gasteiger charge is -2.26. The van der Waals surface area contributed by atoms with Crippen molar-refractivity contribution in [1.29, 1.82) is 0 Å². The lowest BCUT2D eigenvalue weighted by molar-refractivity contribution is -0.170. The number of carbonyl (C=O) groups excluding carboxylic acids is 2. The van der Waals surface area contributed by atoms with E-state index in [-0.39, 0.29) is 23.6 Å². The number of nitrogens with one attached hydrogen (secondary N) is 1. The van der Waals surface area contributed by atoms with E-state index in [4.69, 9.17) is 10.5 Å². The van der Waals surface area contributed by atoms with Crippen molar-refractivity contribution in [1.82, 2.24) is 5.32 Å². The van der Waals surface area contributed by atoms with Gasteiger partial charge in [0.05, 0.1) is 13.2 Å². The van der Waals surface area contributed by atoms with Gasteiger partial charge < -0.3 is 20.7 Å². The lowest BCUT2D eigenvalue weighted by atomic mass is 9.88. The Bertz CT molecular complexity index is 739. The largest absolute Gasteiger partial charge is 0.497 e. The number of hydrogen-bond donors (Lipinski definition) is 2. The van der Waals surface area contributed by atoms with Crippen molar-refractivity contribution < 1.29 is 27.5 Å². The first-order valence-corrected chi connectivity index (χ1v) is 9.50. The fourth-order valence-electron chi connectivity index (χ4n) is 2.69. The normalized spacial score (nSPS) is 14.3. The molecule has 0 spiro atoms. The van der Waals surface area contributed by atoms with E-state index >= 15 is 0 Å². The molecular formula is C21H30F3N3O3. The zero-order chi connectivity index (χ0) is 23.1. The molecule has 30 heavy (non-hydrogen) atoms. The van der Waals surface area contributed by atoms with E-state index in [2.05, 4.69) is 5.32 Å². The van der Waals surface area contributed by atoms with Gasteiger partial charge in [0.25, 0.3) is 0 Å². The number of amides is 2. The predicted octanol–water partition coefficient (Wildman–Crippen LogP) is 3.41. The van der Waals surface area contributed by atoms with Crippen LogP contribution in [0.3, 0.4) is 0 Å². The highest BCUT2D eigenvalue weighted by atomic mass is 19.4. The second-order valence-electron chi connectivity index (χ2n) is 8.21. The van der Waals surface area contributed by atoms with E-state index in [0.29, 0.717) is 17.1 Å². The number of nitrogens with zero attached hydrogens (tertiary/aromatic N) is 1. The smallest absolute Gasteiger partial charge is 0.471 e. The molecule has 1 aromatic rings. The highest BCUT2D eigenvalue weighted by Gasteiger charge is 2.42. The lowest BCUT2D eigenvalue weighted by Crippen LogP contribution is -2.44. The van der Waals surface area contributed by atoms with Gasteiger partial charge in [-0.25, -0.2) is 0 Å². The quantitative estimate of drug-likeness (QED) is 0.621. The van der Waals surface area contributed by atoms with E-state index in [0.717, 1.165) is 0 Å². The van der Waals surface area contributed by atoms with Gasteiger partial charge in [-0.2, -0.15) is 13.2 Å². The van der Waals surface area contributed by atoms with Crippen LogP contribution >= 0.6 is 0 Å². The van der Waals surface area contributed by atoms with Crippen LogP contribution in [-0.4, -0.2) is 43.7 Å². The fraction of sp³-hybridized carbons (Fsp3) is 0.524. The van der Waals surface area contributed by atoms with Crippen LogP contribution in [0.15, 0.2) is 36.4 Å². The first kappa shape index (κ1) is 25.5. The van der Waals surface area contributed by atoms with E-state index in [1.165, 1.54) is 37.5 Å². The average Bonchev–Trinajstić information content (AvgIpc) is 2.62. The van der Waals surface area contributed by atoms with Crippen LogP contribution in [0.4, 0.5) is 18.9 Å². The fourth-order valence-corrected chi connectivity index (χ4v) is 2.69. The summed E-state index contributed by atoms with van der Waals surface area (Å²) in [6.45, 7) is 7.15. The monoisotopic (exact) mass is 429 g/mol. The van der Waals surface area contributed by atoms with E-state index < -0.39 is 24.2 Å². The van der Waals surface area contributed by atoms with E-state index in [9.17, 15) is 22.8 Å². The molecule has 0 aliphatic rings. The first-order chi connectivity index (χ1) is 13.7. The minimum atomic E-state index is -5.03. The summed E-state index contributed by atoms with van der Waals surface area (Å²) in [6, 6.07) is 4.54. The highest BCUT2D eigenvalue weighted by Crippen LogP contribution is 2.26. The van der Waals surface area contributed by atoms with Gasteiger partial charge in [-0.05, 0) is 43.0 Å². The van der Waals surface area contributed by atoms with Crippen LogP contribution in [0.25, 0.3) is 0 Å². The number of carbonyl (C=O) groups is 2. The predicted molar refractivity (Wildman–Crippen MR) is 110 cm³/mol. The number of rotatable bonds is 8. The van der Waals surface area contributed by atoms with Gasteiger partial charge in [0.15, 0.2) is 0 Å². The molecule has 0 aliphatic heterocycles. The molecule has 2 amide bonds. The molecule has 0 unspecified atom stereocenters. The number of nitrogens with two attached hydrogens (primary N) is 1. The van der Waals surface area contributed by atoms with Crippen molar-refractivity contribution >= 4 is 17.5 Å². The SMILES string of the molecule is COc1ccc(N(C/C=C/[C@H](CC(C)(C)C)NC(=O)[C@H](C)N)C(=O)C(F)(F)F)cc1. The maximum atomic E-state index is 13.1. The van der Waals surface area contributed by atoms with Gasteiger partial charge in [0.1, 0.15) is 5.75 Å². The van der Waals surface area contributed by atoms with Crippen LogP contribution in [0.5, 0.6) is 5.75 Å². The van der Waals surface area contributed by atoms with Crippen LogP contribution in [-0.2, 0) is 9.59 Å². The molecule has 1 aromatic carbocycles. The maximum Gasteiger partial charge on any atom is 0.471 e. The van der Waals surface area contributed by atoms with E-state index in [1.54, 1.807) is 13.0 Å². The van der Waals surface area contributed by atoms with Gasteiger partial charge in [-0.1, -0.05) is 32.9 Å². The Labute approximate surface area is 175 Å². The zero-order valence-corrected chi connectivity index (χ0v) is 17.9. The minimum absolute atomic E-state index is 0.0785. The number of ether oxygens (including phenoxy) is 1. The molecule has 6 nitrogen and oxygen atoms in total. The molecule has 0 heterocycles. The summed E-state index contributed by atoms with van der Waals surface area (Å²) in [5.41, 5.74) is 5.51. The van der Waals surface area contributed by atoms with Crippen molar-refractivity contribution in [3.8, 4) is 5.75 Å². The van der Waals surface area contributed by atoms with Crippen molar-refractivity contribution in [3.05, 3.63) is 36.4 Å².